The van der Waals surface area contributed by atoms with Crippen molar-refractivity contribution in [3.05, 3.63) is 0 Å². The summed E-state index contributed by atoms with van der Waals surface area (Å²) in [5.74, 6) is 0. The van der Waals surface area contributed by atoms with Gasteiger partial charge in [0.2, 0.25) is 0 Å². The smallest absolute Gasteiger partial charge is 1.00 e. The molecular weight excluding hydrogens is 269 g/mol. The normalized spacial score (nSPS) is 7.00. The van der Waals surface area contributed by atoms with Crippen LogP contribution in [0.25, 0.3) is 0 Å². The van der Waals surface area contributed by atoms with Gasteiger partial charge in [-0.05, 0) is 0 Å². The maximum Gasteiger partial charge on any atom is 3.00 e. The van der Waals surface area contributed by atoms with Crippen LogP contribution in [0.2, 0.25) is 0 Å². The van der Waals surface area contributed by atoms with Gasteiger partial charge in [-0.1, -0.05) is 39.5 Å². The zero-order valence-electron chi connectivity index (χ0n) is 7.88. The van der Waals surface area contributed by atoms with E-state index in [-0.39, 0.29) is 42.3 Å². The van der Waals surface area contributed by atoms with Crippen LogP contribution in [0.15, 0.2) is 0 Å². The minimum Gasteiger partial charge on any atom is -1.00 e. The van der Waals surface area contributed by atoms with Gasteiger partial charge in [-0.25, -0.2) is 0 Å². The summed E-state index contributed by atoms with van der Waals surface area (Å²) in [7, 11) is 0. The summed E-state index contributed by atoms with van der Waals surface area (Å²) in [5, 5.41) is 19.1. The first kappa shape index (κ1) is 23.0. The Bertz CT molecular complexity index is 38.0. The molecule has 0 aliphatic carbocycles. The van der Waals surface area contributed by atoms with Gasteiger partial charge < -0.3 is 14.9 Å². The molecule has 0 bridgehead atoms. The van der Waals surface area contributed by atoms with Crippen molar-refractivity contribution in [2.24, 2.45) is 0 Å². The van der Waals surface area contributed by atoms with E-state index in [9.17, 15) is 10.2 Å². The third-order valence-electron chi connectivity index (χ3n) is 0.996. The topological polar surface area (TPSA) is 46.1 Å². The summed E-state index contributed by atoms with van der Waals surface area (Å²) in [6.45, 7) is 4.21. The van der Waals surface area contributed by atoms with Crippen LogP contribution in [0, 0.1) is 0 Å². The summed E-state index contributed by atoms with van der Waals surface area (Å²) >= 11 is 0. The molecule has 0 saturated carbocycles. The molecule has 0 rings (SSSR count). The Hall–Kier alpha value is 0.668. The van der Waals surface area contributed by atoms with Crippen molar-refractivity contribution in [1.29, 1.82) is 0 Å². The first-order valence-corrected chi connectivity index (χ1v) is 3.99. The molecule has 0 fully saturated rings. The second-order valence-corrected chi connectivity index (χ2v) is 2.12. The number of unbranched alkanes of at least 4 members (excludes halogenated alkanes) is 2. The quantitative estimate of drug-likeness (QED) is 0.515. The van der Waals surface area contributed by atoms with Crippen LogP contribution >= 0.6 is 0 Å². The molecule has 0 aromatic rings. The molecule has 0 aliphatic rings. The van der Waals surface area contributed by atoms with Crippen LogP contribution in [-0.4, -0.2) is 37.6 Å². The minimum absolute atomic E-state index is 0. The largest absolute Gasteiger partial charge is 3.00 e. The summed E-state index contributed by atoms with van der Waals surface area (Å²) in [4.78, 5) is 0. The van der Waals surface area contributed by atoms with Crippen LogP contribution in [0.5, 0.6) is 0 Å². The molecule has 2 radical (unpaired) electrons. The van der Waals surface area contributed by atoms with E-state index in [4.69, 9.17) is 0 Å². The second-order valence-electron chi connectivity index (χ2n) is 2.12. The van der Waals surface area contributed by atoms with E-state index in [2.05, 4.69) is 0 Å². The Kier molecular flexibility index (Phi) is 57.1. The summed E-state index contributed by atoms with van der Waals surface area (Å²) in [6.07, 6.45) is 3.73. The Morgan fingerprint density at radius 3 is 1.08 bits per heavy atom. The standard InChI is InChI=1S/2C4H9O.FH.Sb/c2*1-2-3-4-5;;/h2*2-4H2,1H3;1H;/q2*-1;;+3/p-1. The SMILES string of the molecule is CCCC[O-].CCCC[O-].[F-].[Sb+3]. The van der Waals surface area contributed by atoms with Crippen molar-refractivity contribution in [2.75, 3.05) is 13.2 Å². The molecule has 0 aromatic heterocycles. The predicted molar refractivity (Wildman–Crippen MR) is 45.3 cm³/mol. The second kappa shape index (κ2) is 29.9. The summed E-state index contributed by atoms with van der Waals surface area (Å²) in [6, 6.07) is 0. The zero-order valence-corrected chi connectivity index (χ0v) is 10.4. The third-order valence-corrected chi connectivity index (χ3v) is 0.996. The van der Waals surface area contributed by atoms with E-state index in [0.717, 1.165) is 25.7 Å². The number of rotatable bonds is 4. The van der Waals surface area contributed by atoms with Crippen molar-refractivity contribution in [2.45, 2.75) is 39.5 Å². The first-order valence-electron chi connectivity index (χ1n) is 3.99. The van der Waals surface area contributed by atoms with Gasteiger partial charge in [0.05, 0.1) is 0 Å². The molecule has 0 N–H and O–H groups in total. The van der Waals surface area contributed by atoms with Crippen molar-refractivity contribution in [1.82, 2.24) is 0 Å². The van der Waals surface area contributed by atoms with Gasteiger partial charge in [0.15, 0.2) is 0 Å². The molecule has 74 valence electrons. The molecule has 0 aromatic carbocycles. The third kappa shape index (κ3) is 45.8. The van der Waals surface area contributed by atoms with Gasteiger partial charge in [0.25, 0.3) is 0 Å². The van der Waals surface area contributed by atoms with Crippen LogP contribution in [-0.2, 0) is 0 Å². The number of hydrogen-bond donors (Lipinski definition) is 0. The zero-order chi connectivity index (χ0) is 8.24. The Morgan fingerprint density at radius 2 is 1.08 bits per heavy atom. The maximum atomic E-state index is 9.53. The molecule has 0 heterocycles. The Labute approximate surface area is 92.2 Å². The van der Waals surface area contributed by atoms with E-state index >= 15 is 0 Å². The average Bonchev–Trinajstić information content (AvgIpc) is 1.93. The van der Waals surface area contributed by atoms with Crippen LogP contribution < -0.4 is 14.9 Å². The van der Waals surface area contributed by atoms with Gasteiger partial charge in [0.1, 0.15) is 0 Å². The average molecular weight is 287 g/mol. The molecule has 0 spiro atoms. The summed E-state index contributed by atoms with van der Waals surface area (Å²) < 4.78 is 0. The monoisotopic (exact) mass is 286 g/mol. The van der Waals surface area contributed by atoms with Gasteiger partial charge in [-0.2, -0.15) is 0 Å². The molecule has 0 aliphatic heterocycles. The molecule has 12 heavy (non-hydrogen) atoms. The van der Waals surface area contributed by atoms with Gasteiger partial charge in [-0.3, -0.25) is 0 Å². The van der Waals surface area contributed by atoms with Gasteiger partial charge in [-0.15, -0.1) is 13.2 Å². The fraction of sp³-hybridized carbons (Fsp3) is 1.00. The molecule has 4 heteroatoms. The van der Waals surface area contributed by atoms with Gasteiger partial charge in [0, 0.05) is 0 Å². The predicted octanol–water partition coefficient (Wildman–Crippen LogP) is -3.08. The van der Waals surface area contributed by atoms with Crippen molar-refractivity contribution < 1.29 is 14.9 Å². The van der Waals surface area contributed by atoms with E-state index in [0.29, 0.717) is 0 Å². The molecule has 2 nitrogen and oxygen atoms in total. The van der Waals surface area contributed by atoms with Crippen molar-refractivity contribution in [3.63, 3.8) is 0 Å². The minimum atomic E-state index is 0. The van der Waals surface area contributed by atoms with Crippen LogP contribution in [0.3, 0.4) is 0 Å². The first-order chi connectivity index (χ1) is 4.83. The van der Waals surface area contributed by atoms with Crippen LogP contribution in [0.1, 0.15) is 39.5 Å². The van der Waals surface area contributed by atoms with Gasteiger partial charge >= 0.3 is 24.4 Å². The summed E-state index contributed by atoms with van der Waals surface area (Å²) in [5.41, 5.74) is 0. The van der Waals surface area contributed by atoms with E-state index in [1.165, 1.54) is 0 Å². The van der Waals surface area contributed by atoms with Crippen molar-refractivity contribution in [3.8, 4) is 0 Å². The van der Waals surface area contributed by atoms with E-state index in [1.807, 2.05) is 13.8 Å². The molecule has 0 saturated heterocycles. The fourth-order valence-corrected chi connectivity index (χ4v) is 0.289. The van der Waals surface area contributed by atoms with Crippen molar-refractivity contribution >= 4 is 24.4 Å². The van der Waals surface area contributed by atoms with Crippen LogP contribution in [0.4, 0.5) is 0 Å². The molecule has 0 amide bonds. The maximum absolute atomic E-state index is 9.53. The fourth-order valence-electron chi connectivity index (χ4n) is 0.289. The van der Waals surface area contributed by atoms with E-state index < -0.39 is 0 Å². The molecule has 0 atom stereocenters. The number of hydrogen-bond acceptors (Lipinski definition) is 2. The van der Waals surface area contributed by atoms with E-state index in [1.54, 1.807) is 0 Å². The molecule has 0 unspecified atom stereocenters. The molecular formula is C8H18FO2Sb. The Morgan fingerprint density at radius 1 is 0.833 bits per heavy atom. The Balaban J connectivity index is -0.0000000457. The number of halogens is 1.